The molecule has 0 radical (unpaired) electrons. The average Bonchev–Trinajstić information content (AvgIpc) is 2.78. The highest BCUT2D eigenvalue weighted by Gasteiger charge is 2.31. The van der Waals surface area contributed by atoms with Gasteiger partial charge in [0.05, 0.1) is 35.2 Å². The number of ether oxygens (including phenoxy) is 3. The smallest absolute Gasteiger partial charge is 0.343 e. The summed E-state index contributed by atoms with van der Waals surface area (Å²) in [6.45, 7) is -0.325. The van der Waals surface area contributed by atoms with E-state index < -0.39 is 35.0 Å². The summed E-state index contributed by atoms with van der Waals surface area (Å²) >= 11 is 6.25. The Bertz CT molecular complexity index is 1080. The number of hydrogen-bond donors (Lipinski definition) is 1. The number of benzene rings is 2. The Balaban J connectivity index is 1.97. The van der Waals surface area contributed by atoms with Crippen molar-refractivity contribution < 1.29 is 33.1 Å². The minimum atomic E-state index is -0.723. The lowest BCUT2D eigenvalue weighted by molar-refractivity contribution is -0.385. The van der Waals surface area contributed by atoms with Crippen LogP contribution in [-0.4, -0.2) is 50.2 Å². The Morgan fingerprint density at radius 1 is 1.36 bits per heavy atom. The fraction of sp³-hybridized carbons (Fsp3) is 0.333. The maximum absolute atomic E-state index is 13.7. The summed E-state index contributed by atoms with van der Waals surface area (Å²) in [4.78, 5) is 36.1. The minimum absolute atomic E-state index is 0.0708. The molecule has 0 saturated heterocycles. The van der Waals surface area contributed by atoms with Gasteiger partial charge in [0.1, 0.15) is 18.2 Å². The summed E-state index contributed by atoms with van der Waals surface area (Å²) in [6, 6.07) is 6.33. The zero-order valence-electron chi connectivity index (χ0n) is 17.8. The van der Waals surface area contributed by atoms with Gasteiger partial charge in [-0.05, 0) is 23.8 Å². The minimum Gasteiger partial charge on any atom is -0.489 e. The third-order valence-electron chi connectivity index (χ3n) is 5.00. The van der Waals surface area contributed by atoms with E-state index in [1.54, 1.807) is 4.90 Å². The van der Waals surface area contributed by atoms with Crippen LogP contribution < -0.4 is 19.7 Å². The summed E-state index contributed by atoms with van der Waals surface area (Å²) in [5, 5.41) is 14.1. The van der Waals surface area contributed by atoms with E-state index in [4.69, 9.17) is 21.1 Å². The first-order valence-corrected chi connectivity index (χ1v) is 10.2. The molecule has 0 aliphatic carbocycles. The molecular formula is C21H21ClFN3O7. The average molecular weight is 482 g/mol. The van der Waals surface area contributed by atoms with E-state index in [1.807, 2.05) is 0 Å². The molecule has 2 aromatic carbocycles. The maximum atomic E-state index is 13.7. The van der Waals surface area contributed by atoms with Crippen LogP contribution in [0.1, 0.15) is 12.0 Å². The lowest BCUT2D eigenvalue weighted by atomic mass is 10.1. The zero-order chi connectivity index (χ0) is 24.1. The number of hydrogen-bond acceptors (Lipinski definition) is 8. The van der Waals surface area contributed by atoms with Crippen molar-refractivity contribution in [2.75, 3.05) is 32.3 Å². The molecule has 1 atom stereocenters. The second-order valence-electron chi connectivity index (χ2n) is 7.13. The molecule has 10 nitrogen and oxygen atoms in total. The number of nitro benzene ring substituents is 1. The van der Waals surface area contributed by atoms with Gasteiger partial charge in [-0.3, -0.25) is 14.9 Å². The Labute approximate surface area is 193 Å². The molecule has 1 heterocycles. The summed E-state index contributed by atoms with van der Waals surface area (Å²) < 4.78 is 29.0. The molecule has 0 fully saturated rings. The van der Waals surface area contributed by atoms with Gasteiger partial charge in [-0.25, -0.2) is 9.18 Å². The van der Waals surface area contributed by atoms with Gasteiger partial charge in [0.15, 0.2) is 6.61 Å². The van der Waals surface area contributed by atoms with Gasteiger partial charge in [0.2, 0.25) is 11.7 Å². The fourth-order valence-electron chi connectivity index (χ4n) is 3.40. The number of fused-ring (bicyclic) bond motifs is 1. The van der Waals surface area contributed by atoms with E-state index in [9.17, 15) is 24.1 Å². The summed E-state index contributed by atoms with van der Waals surface area (Å²) in [5.41, 5.74) is 0.536. The molecule has 1 aliphatic heterocycles. The first-order valence-electron chi connectivity index (χ1n) is 9.79. The van der Waals surface area contributed by atoms with Crippen LogP contribution in [0.15, 0.2) is 30.3 Å². The molecule has 176 valence electrons. The number of carbonyl (C=O) groups excluding carboxylic acids is 2. The first-order chi connectivity index (χ1) is 15.7. The van der Waals surface area contributed by atoms with Gasteiger partial charge in [0, 0.05) is 25.7 Å². The van der Waals surface area contributed by atoms with Crippen LogP contribution in [0.5, 0.6) is 11.5 Å². The van der Waals surface area contributed by atoms with Crippen molar-refractivity contribution >= 4 is 34.9 Å². The van der Waals surface area contributed by atoms with Crippen molar-refractivity contribution in [2.45, 2.75) is 19.0 Å². The van der Waals surface area contributed by atoms with Crippen molar-refractivity contribution in [1.29, 1.82) is 0 Å². The number of nitrogens with zero attached hydrogens (tertiary/aromatic N) is 2. The number of nitrogens with one attached hydrogen (secondary N) is 1. The quantitative estimate of drug-likeness (QED) is 0.347. The number of esters is 1. The molecule has 1 N–H and O–H groups in total. The molecule has 0 aromatic heterocycles. The molecule has 1 amide bonds. The molecular weight excluding hydrogens is 461 g/mol. The van der Waals surface area contributed by atoms with Crippen LogP contribution in [0.3, 0.4) is 0 Å². The Kier molecular flexibility index (Phi) is 7.54. The van der Waals surface area contributed by atoms with E-state index in [0.717, 1.165) is 7.11 Å². The largest absolute Gasteiger partial charge is 0.489 e. The molecule has 33 heavy (non-hydrogen) atoms. The van der Waals surface area contributed by atoms with E-state index in [0.29, 0.717) is 17.0 Å². The molecule has 0 spiro atoms. The van der Waals surface area contributed by atoms with Gasteiger partial charge >= 0.3 is 11.7 Å². The van der Waals surface area contributed by atoms with Crippen LogP contribution in [0, 0.1) is 15.9 Å². The molecule has 2 aromatic rings. The standard InChI is InChI=1S/C21H21ClFN3O7/c1-24-19(27)8-14-10-32-18-7-13(23)3-4-16(18)25(14)9-12-5-15(22)21(17(6-12)26(29)30)33-11-20(28)31-2/h3-7,14H,8-11H2,1-2H3,(H,24,27). The second-order valence-corrected chi connectivity index (χ2v) is 7.54. The number of rotatable bonds is 8. The summed E-state index contributed by atoms with van der Waals surface area (Å²) in [7, 11) is 2.67. The van der Waals surface area contributed by atoms with Gasteiger partial charge in [0.25, 0.3) is 0 Å². The highest BCUT2D eigenvalue weighted by atomic mass is 35.5. The molecule has 12 heteroatoms. The number of anilines is 1. The van der Waals surface area contributed by atoms with Crippen molar-refractivity contribution in [2.24, 2.45) is 0 Å². The van der Waals surface area contributed by atoms with Crippen molar-refractivity contribution in [1.82, 2.24) is 5.32 Å². The van der Waals surface area contributed by atoms with E-state index >= 15 is 0 Å². The topological polar surface area (TPSA) is 120 Å². The predicted molar refractivity (Wildman–Crippen MR) is 116 cm³/mol. The van der Waals surface area contributed by atoms with E-state index in [-0.39, 0.29) is 36.3 Å². The monoisotopic (exact) mass is 481 g/mol. The normalized spacial score (nSPS) is 14.7. The Morgan fingerprint density at radius 2 is 2.12 bits per heavy atom. The van der Waals surface area contributed by atoms with Gasteiger partial charge in [-0.15, -0.1) is 0 Å². The molecule has 1 unspecified atom stereocenters. The second kappa shape index (κ2) is 10.3. The highest BCUT2D eigenvalue weighted by molar-refractivity contribution is 6.32. The first kappa shape index (κ1) is 24.1. The highest BCUT2D eigenvalue weighted by Crippen LogP contribution is 2.40. The van der Waals surface area contributed by atoms with Crippen molar-refractivity contribution in [3.63, 3.8) is 0 Å². The molecule has 3 rings (SSSR count). The molecule has 0 saturated carbocycles. The molecule has 1 aliphatic rings. The van der Waals surface area contributed by atoms with E-state index in [2.05, 4.69) is 10.1 Å². The van der Waals surface area contributed by atoms with E-state index in [1.165, 1.54) is 37.4 Å². The number of halogens is 2. The van der Waals surface area contributed by atoms with Crippen molar-refractivity contribution in [3.05, 3.63) is 56.8 Å². The number of nitro groups is 1. The number of methoxy groups -OCH3 is 1. The van der Waals surface area contributed by atoms with Crippen LogP contribution in [-0.2, 0) is 20.9 Å². The zero-order valence-corrected chi connectivity index (χ0v) is 18.6. The van der Waals surface area contributed by atoms with Crippen LogP contribution >= 0.6 is 11.6 Å². The summed E-state index contributed by atoms with van der Waals surface area (Å²) in [6.07, 6.45) is 0.0868. The van der Waals surface area contributed by atoms with Crippen LogP contribution in [0.2, 0.25) is 5.02 Å². The Morgan fingerprint density at radius 3 is 2.79 bits per heavy atom. The molecule has 0 bridgehead atoms. The van der Waals surface area contributed by atoms with Crippen LogP contribution in [0.25, 0.3) is 0 Å². The lowest BCUT2D eigenvalue weighted by Crippen LogP contribution is -2.45. The van der Waals surface area contributed by atoms with Gasteiger partial charge in [-0.2, -0.15) is 0 Å². The van der Waals surface area contributed by atoms with Gasteiger partial charge in [-0.1, -0.05) is 11.6 Å². The predicted octanol–water partition coefficient (Wildman–Crippen LogP) is 2.84. The third kappa shape index (κ3) is 5.61. The van der Waals surface area contributed by atoms with Crippen LogP contribution in [0.4, 0.5) is 15.8 Å². The van der Waals surface area contributed by atoms with Crippen molar-refractivity contribution in [3.8, 4) is 11.5 Å². The maximum Gasteiger partial charge on any atom is 0.343 e. The fourth-order valence-corrected chi connectivity index (χ4v) is 3.69. The third-order valence-corrected chi connectivity index (χ3v) is 5.28. The lowest BCUT2D eigenvalue weighted by Gasteiger charge is -2.38. The SMILES string of the molecule is CNC(=O)CC1COc2cc(F)ccc2N1Cc1cc(Cl)c(OCC(=O)OC)c([N+](=O)[O-])c1. The van der Waals surface area contributed by atoms with Gasteiger partial charge < -0.3 is 24.4 Å². The summed E-state index contributed by atoms with van der Waals surface area (Å²) in [5.74, 6) is -1.40. The number of carbonyl (C=O) groups is 2. The number of amides is 1. The Hall–Kier alpha value is -3.60.